The largest absolute Gasteiger partial charge is 0.467 e. The van der Waals surface area contributed by atoms with Gasteiger partial charge in [-0.15, -0.1) is 0 Å². The molecule has 0 radical (unpaired) electrons. The van der Waals surface area contributed by atoms with Gasteiger partial charge in [-0.1, -0.05) is 0 Å². The molecule has 0 bridgehead atoms. The summed E-state index contributed by atoms with van der Waals surface area (Å²) in [4.78, 5) is 24.8. The normalized spacial score (nSPS) is 11.9. The van der Waals surface area contributed by atoms with Crippen LogP contribution in [0.3, 0.4) is 0 Å². The molecule has 1 rings (SSSR count). The Bertz CT molecular complexity index is 389. The third-order valence-electron chi connectivity index (χ3n) is 2.43. The Hall–Kier alpha value is -1.82. The number of hydrogen-bond acceptors (Lipinski definition) is 5. The Morgan fingerprint density at radius 2 is 2.22 bits per heavy atom. The van der Waals surface area contributed by atoms with Crippen LogP contribution in [-0.2, 0) is 20.9 Å². The fourth-order valence-corrected chi connectivity index (χ4v) is 1.47. The van der Waals surface area contributed by atoms with Gasteiger partial charge in [-0.3, -0.25) is 4.79 Å². The number of ether oxygens (including phenoxy) is 1. The van der Waals surface area contributed by atoms with Crippen molar-refractivity contribution in [2.45, 2.75) is 26.4 Å². The van der Waals surface area contributed by atoms with Gasteiger partial charge in [0.2, 0.25) is 0 Å². The molecule has 1 heterocycles. The number of hydrogen-bond donors (Lipinski definition) is 1. The van der Waals surface area contributed by atoms with Crippen LogP contribution in [0.2, 0.25) is 0 Å². The molecule has 1 amide bonds. The van der Waals surface area contributed by atoms with E-state index in [4.69, 9.17) is 14.9 Å². The summed E-state index contributed by atoms with van der Waals surface area (Å²) < 4.78 is 9.87. The maximum atomic E-state index is 12.0. The molecule has 0 saturated carbocycles. The van der Waals surface area contributed by atoms with Crippen molar-refractivity contribution < 1.29 is 18.7 Å². The second kappa shape index (κ2) is 6.80. The van der Waals surface area contributed by atoms with Crippen LogP contribution in [0.4, 0.5) is 0 Å². The number of carbonyl (C=O) groups excluding carboxylic acids is 2. The van der Waals surface area contributed by atoms with Gasteiger partial charge in [0.25, 0.3) is 5.91 Å². The average Bonchev–Trinajstić information content (AvgIpc) is 2.87. The molecule has 1 aromatic heterocycles. The quantitative estimate of drug-likeness (QED) is 0.590. The SMILES string of the molecule is CCOC(=O)C(N)C(=O)N(CC)Cc1ccco1. The lowest BCUT2D eigenvalue weighted by Gasteiger charge is -2.22. The van der Waals surface area contributed by atoms with Crippen molar-refractivity contribution in [1.29, 1.82) is 0 Å². The third-order valence-corrected chi connectivity index (χ3v) is 2.43. The molecule has 6 nitrogen and oxygen atoms in total. The molecule has 0 spiro atoms. The number of amides is 1. The van der Waals surface area contributed by atoms with Crippen molar-refractivity contribution >= 4 is 11.9 Å². The van der Waals surface area contributed by atoms with Crippen molar-refractivity contribution in [2.24, 2.45) is 5.73 Å². The first-order chi connectivity index (χ1) is 8.60. The van der Waals surface area contributed by atoms with Crippen LogP contribution >= 0.6 is 0 Å². The molecule has 100 valence electrons. The highest BCUT2D eigenvalue weighted by Crippen LogP contribution is 2.07. The molecule has 0 aliphatic heterocycles. The minimum absolute atomic E-state index is 0.199. The second-order valence-electron chi connectivity index (χ2n) is 3.66. The standard InChI is InChI=1S/C12H18N2O4/c1-3-14(8-9-6-5-7-18-9)11(15)10(13)12(16)17-4-2/h5-7,10H,3-4,8,13H2,1-2H3. The van der Waals surface area contributed by atoms with E-state index in [0.29, 0.717) is 12.3 Å². The number of esters is 1. The van der Waals surface area contributed by atoms with Crippen LogP contribution in [0.5, 0.6) is 0 Å². The molecule has 1 aromatic rings. The highest BCUT2D eigenvalue weighted by atomic mass is 16.5. The van der Waals surface area contributed by atoms with Gasteiger partial charge >= 0.3 is 5.97 Å². The van der Waals surface area contributed by atoms with Gasteiger partial charge in [0, 0.05) is 6.54 Å². The van der Waals surface area contributed by atoms with E-state index in [1.165, 1.54) is 11.2 Å². The number of likely N-dealkylation sites (N-methyl/N-ethyl adjacent to an activating group) is 1. The van der Waals surface area contributed by atoms with E-state index in [9.17, 15) is 9.59 Å². The Morgan fingerprint density at radius 1 is 1.50 bits per heavy atom. The fourth-order valence-electron chi connectivity index (χ4n) is 1.47. The molecule has 18 heavy (non-hydrogen) atoms. The summed E-state index contributed by atoms with van der Waals surface area (Å²) in [6, 6.07) is 2.21. The first-order valence-electron chi connectivity index (χ1n) is 5.83. The van der Waals surface area contributed by atoms with Crippen molar-refractivity contribution in [3.05, 3.63) is 24.2 Å². The zero-order chi connectivity index (χ0) is 13.5. The number of nitrogens with zero attached hydrogens (tertiary/aromatic N) is 1. The van der Waals surface area contributed by atoms with Crippen molar-refractivity contribution in [1.82, 2.24) is 4.90 Å². The van der Waals surface area contributed by atoms with Crippen LogP contribution in [0, 0.1) is 0 Å². The summed E-state index contributed by atoms with van der Waals surface area (Å²) in [6.45, 7) is 4.39. The zero-order valence-electron chi connectivity index (χ0n) is 10.6. The van der Waals surface area contributed by atoms with E-state index in [0.717, 1.165) is 0 Å². The van der Waals surface area contributed by atoms with E-state index in [-0.39, 0.29) is 13.2 Å². The van der Waals surface area contributed by atoms with Gasteiger partial charge in [-0.25, -0.2) is 4.79 Å². The maximum absolute atomic E-state index is 12.0. The highest BCUT2D eigenvalue weighted by Gasteiger charge is 2.27. The number of carbonyl (C=O) groups is 2. The lowest BCUT2D eigenvalue weighted by atomic mass is 10.2. The molecule has 1 unspecified atom stereocenters. The Morgan fingerprint density at radius 3 is 2.72 bits per heavy atom. The Kier molecular flexibility index (Phi) is 5.38. The van der Waals surface area contributed by atoms with Gasteiger partial charge in [0.05, 0.1) is 19.4 Å². The molecule has 0 aromatic carbocycles. The molecule has 1 atom stereocenters. The summed E-state index contributed by atoms with van der Waals surface area (Å²) in [6.07, 6.45) is 1.53. The average molecular weight is 254 g/mol. The molecule has 6 heteroatoms. The number of nitrogens with two attached hydrogens (primary N) is 1. The van der Waals surface area contributed by atoms with Crippen LogP contribution in [0.1, 0.15) is 19.6 Å². The highest BCUT2D eigenvalue weighted by molar-refractivity contribution is 6.01. The third kappa shape index (κ3) is 3.59. The molecule has 0 fully saturated rings. The Labute approximate surface area is 106 Å². The van der Waals surface area contributed by atoms with Gasteiger partial charge in [-0.05, 0) is 26.0 Å². The van der Waals surface area contributed by atoms with E-state index >= 15 is 0 Å². The lowest BCUT2D eigenvalue weighted by Crippen LogP contribution is -2.48. The predicted octanol–water partition coefficient (Wildman–Crippen LogP) is 0.519. The van der Waals surface area contributed by atoms with Gasteiger partial charge < -0.3 is 19.8 Å². The Balaban J connectivity index is 2.64. The number of rotatable bonds is 6. The summed E-state index contributed by atoms with van der Waals surface area (Å²) in [5.41, 5.74) is 5.56. The molecular weight excluding hydrogens is 236 g/mol. The van der Waals surface area contributed by atoms with Gasteiger partial charge in [-0.2, -0.15) is 0 Å². The van der Waals surface area contributed by atoms with Crippen molar-refractivity contribution in [3.8, 4) is 0 Å². The predicted molar refractivity (Wildman–Crippen MR) is 64.4 cm³/mol. The van der Waals surface area contributed by atoms with Crippen LogP contribution in [-0.4, -0.2) is 36.0 Å². The maximum Gasteiger partial charge on any atom is 0.332 e. The fraction of sp³-hybridized carbons (Fsp3) is 0.500. The minimum atomic E-state index is -1.28. The van der Waals surface area contributed by atoms with Crippen LogP contribution in [0.25, 0.3) is 0 Å². The van der Waals surface area contributed by atoms with Crippen LogP contribution < -0.4 is 5.73 Å². The van der Waals surface area contributed by atoms with E-state index in [1.54, 1.807) is 26.0 Å². The van der Waals surface area contributed by atoms with Crippen molar-refractivity contribution in [2.75, 3.05) is 13.2 Å². The molecular formula is C12H18N2O4. The smallest absolute Gasteiger partial charge is 0.332 e. The summed E-state index contributed by atoms with van der Waals surface area (Å²) in [5.74, 6) is -0.533. The zero-order valence-corrected chi connectivity index (χ0v) is 10.6. The van der Waals surface area contributed by atoms with E-state index in [1.807, 2.05) is 0 Å². The first kappa shape index (κ1) is 14.2. The summed E-state index contributed by atoms with van der Waals surface area (Å²) >= 11 is 0. The van der Waals surface area contributed by atoms with E-state index in [2.05, 4.69) is 0 Å². The molecule has 0 saturated heterocycles. The minimum Gasteiger partial charge on any atom is -0.467 e. The monoisotopic (exact) mass is 254 g/mol. The second-order valence-corrected chi connectivity index (χ2v) is 3.66. The molecule has 0 aliphatic rings. The topological polar surface area (TPSA) is 85.8 Å². The number of furan rings is 1. The van der Waals surface area contributed by atoms with Gasteiger partial charge in [0.15, 0.2) is 6.04 Å². The molecule has 0 aliphatic carbocycles. The first-order valence-corrected chi connectivity index (χ1v) is 5.83. The molecule has 2 N–H and O–H groups in total. The summed E-state index contributed by atoms with van der Waals surface area (Å²) in [5, 5.41) is 0. The van der Waals surface area contributed by atoms with Crippen LogP contribution in [0.15, 0.2) is 22.8 Å². The lowest BCUT2D eigenvalue weighted by molar-refractivity contribution is -0.151. The van der Waals surface area contributed by atoms with Crippen molar-refractivity contribution in [3.63, 3.8) is 0 Å². The summed E-state index contributed by atoms with van der Waals surface area (Å²) in [7, 11) is 0. The van der Waals surface area contributed by atoms with E-state index < -0.39 is 17.9 Å². The van der Waals surface area contributed by atoms with Gasteiger partial charge in [0.1, 0.15) is 5.76 Å².